The standard InChI is InChI=1S/C41H50N4O9S2/c1-5-53-36-20-34(29-16-17-33(52-4)25(3)37(29)43-36)54-27-19-31-32(46)22-41(40(49)44-56(50,51)28-14-15-28)21-26(41)11-9-7-6-8-10-12-30(39(48)45(31)23-27)42-38(47)35-18-13-24(2)55-35/h9,11,13,16-18,20,26-28,30-31H,5-8,10,12,14-15,19,21-23H2,1-4H3,(H,42,47)(H,44,49)/b11-9-/t26-,27+,30-,31-,41+/m0/s1. The average molecular weight is 807 g/mol. The summed E-state index contributed by atoms with van der Waals surface area (Å²) in [6.45, 7) is 6.07. The highest BCUT2D eigenvalue weighted by Gasteiger charge is 2.61. The summed E-state index contributed by atoms with van der Waals surface area (Å²) in [7, 11) is -2.27. The summed E-state index contributed by atoms with van der Waals surface area (Å²) >= 11 is 1.34. The number of fused-ring (bicyclic) bond motifs is 3. The smallest absolute Gasteiger partial charge is 0.262 e. The molecule has 0 radical (unpaired) electrons. The topological polar surface area (TPSA) is 170 Å². The highest BCUT2D eigenvalue weighted by molar-refractivity contribution is 7.90. The number of methoxy groups -OCH3 is 1. The SMILES string of the molecule is CCOc1cc(O[C@@H]2C[C@H]3C(=O)C[C@]4(C(=O)NS(=O)(=O)C5CC5)C[C@@H]4/C=C\CCCCC[C@H](NC(=O)c4ccc(C)s4)C(=O)N3C2)c2ccc(OC)c(C)c2n1. The summed E-state index contributed by atoms with van der Waals surface area (Å²) < 4.78 is 46.2. The first-order chi connectivity index (χ1) is 26.8. The number of allylic oxidation sites excluding steroid dienone is 2. The minimum Gasteiger partial charge on any atom is -0.496 e. The van der Waals surface area contributed by atoms with E-state index in [0.29, 0.717) is 71.9 Å². The van der Waals surface area contributed by atoms with Crippen molar-refractivity contribution in [3.63, 3.8) is 0 Å². The maximum absolute atomic E-state index is 14.7. The van der Waals surface area contributed by atoms with Crippen molar-refractivity contribution in [1.29, 1.82) is 0 Å². The molecular formula is C41H50N4O9S2. The van der Waals surface area contributed by atoms with E-state index < -0.39 is 50.7 Å². The molecular weight excluding hydrogens is 757 g/mol. The minimum absolute atomic E-state index is 0.0429. The van der Waals surface area contributed by atoms with Crippen molar-refractivity contribution in [3.05, 3.63) is 57.8 Å². The molecule has 13 nitrogen and oxygen atoms in total. The number of benzene rings is 1. The molecule has 2 N–H and O–H groups in total. The van der Waals surface area contributed by atoms with E-state index in [4.69, 9.17) is 19.2 Å². The van der Waals surface area contributed by atoms with Gasteiger partial charge in [-0.15, -0.1) is 11.3 Å². The van der Waals surface area contributed by atoms with Crippen molar-refractivity contribution in [2.24, 2.45) is 11.3 Å². The van der Waals surface area contributed by atoms with Gasteiger partial charge in [-0.1, -0.05) is 25.0 Å². The second-order valence-corrected chi connectivity index (χ2v) is 18.7. The van der Waals surface area contributed by atoms with Crippen LogP contribution in [0, 0.1) is 25.2 Å². The molecule has 2 aromatic heterocycles. The fourth-order valence-corrected chi connectivity index (χ4v) is 10.2. The molecule has 1 saturated heterocycles. The van der Waals surface area contributed by atoms with Crippen molar-refractivity contribution < 1.29 is 41.8 Å². The van der Waals surface area contributed by atoms with Gasteiger partial charge in [-0.2, -0.15) is 0 Å². The fourth-order valence-electron chi connectivity index (χ4n) is 8.05. The van der Waals surface area contributed by atoms with Crippen molar-refractivity contribution in [1.82, 2.24) is 19.9 Å². The van der Waals surface area contributed by atoms with Gasteiger partial charge in [0.05, 0.1) is 47.4 Å². The highest BCUT2D eigenvalue weighted by atomic mass is 32.2. The zero-order valence-corrected chi connectivity index (χ0v) is 33.9. The predicted octanol–water partition coefficient (Wildman–Crippen LogP) is 5.56. The van der Waals surface area contributed by atoms with E-state index in [1.165, 1.54) is 16.2 Å². The first kappa shape index (κ1) is 39.7. The third kappa shape index (κ3) is 8.29. The number of hydrogen-bond acceptors (Lipinski definition) is 11. The number of Topliss-reactive ketones (excluding diaryl/α,β-unsaturated/α-hetero) is 1. The van der Waals surface area contributed by atoms with Crippen molar-refractivity contribution in [3.8, 4) is 17.4 Å². The third-order valence-electron chi connectivity index (χ3n) is 11.4. The van der Waals surface area contributed by atoms with E-state index in [9.17, 15) is 27.6 Å². The van der Waals surface area contributed by atoms with Crippen LogP contribution >= 0.6 is 11.3 Å². The maximum atomic E-state index is 14.7. The highest BCUT2D eigenvalue weighted by Crippen LogP contribution is 2.57. The lowest BCUT2D eigenvalue weighted by Crippen LogP contribution is -2.52. The molecule has 2 saturated carbocycles. The lowest BCUT2D eigenvalue weighted by molar-refractivity contribution is -0.140. The Morgan fingerprint density at radius 3 is 2.57 bits per heavy atom. The monoisotopic (exact) mass is 806 g/mol. The molecule has 0 bridgehead atoms. The predicted molar refractivity (Wildman–Crippen MR) is 212 cm³/mol. The van der Waals surface area contributed by atoms with Crippen LogP contribution in [0.15, 0.2) is 42.5 Å². The lowest BCUT2D eigenvalue weighted by Gasteiger charge is -2.29. The van der Waals surface area contributed by atoms with Gasteiger partial charge in [-0.25, -0.2) is 13.4 Å². The number of carbonyl (C=O) groups excluding carboxylic acids is 4. The summed E-state index contributed by atoms with van der Waals surface area (Å²) in [6.07, 6.45) is 7.88. The quantitative estimate of drug-likeness (QED) is 0.247. The lowest BCUT2D eigenvalue weighted by atomic mass is 9.91. The Morgan fingerprint density at radius 2 is 1.86 bits per heavy atom. The first-order valence-electron chi connectivity index (χ1n) is 19.5. The van der Waals surface area contributed by atoms with Gasteiger partial charge in [0.2, 0.25) is 27.7 Å². The van der Waals surface area contributed by atoms with Gasteiger partial charge in [0, 0.05) is 34.7 Å². The molecule has 4 aliphatic rings. The van der Waals surface area contributed by atoms with Crippen molar-refractivity contribution >= 4 is 55.8 Å². The number of pyridine rings is 1. The number of ketones is 1. The van der Waals surface area contributed by atoms with E-state index >= 15 is 0 Å². The average Bonchev–Trinajstić information content (AvgIpc) is 4.05. The number of nitrogens with zero attached hydrogens (tertiary/aromatic N) is 2. The second-order valence-electron chi connectivity index (χ2n) is 15.5. The molecule has 4 heterocycles. The molecule has 56 heavy (non-hydrogen) atoms. The Morgan fingerprint density at radius 1 is 1.05 bits per heavy atom. The molecule has 2 aliphatic carbocycles. The number of hydrogen-bond donors (Lipinski definition) is 2. The molecule has 3 amide bonds. The number of aryl methyl sites for hydroxylation is 2. The number of carbonyl (C=O) groups is 4. The Labute approximate surface area is 331 Å². The van der Waals surface area contributed by atoms with Gasteiger partial charge in [-0.3, -0.25) is 23.9 Å². The summed E-state index contributed by atoms with van der Waals surface area (Å²) in [4.78, 5) is 64.3. The zero-order chi connectivity index (χ0) is 39.8. The van der Waals surface area contributed by atoms with E-state index in [-0.39, 0.29) is 37.0 Å². The number of rotatable bonds is 10. The normalized spacial score (nSPS) is 26.3. The fraction of sp³-hybridized carbons (Fsp3) is 0.537. The first-order valence-corrected chi connectivity index (χ1v) is 21.9. The third-order valence-corrected chi connectivity index (χ3v) is 14.2. The van der Waals surface area contributed by atoms with Crippen LogP contribution in [0.5, 0.6) is 17.4 Å². The molecule has 15 heteroatoms. The second kappa shape index (κ2) is 16.2. The summed E-state index contributed by atoms with van der Waals surface area (Å²) in [5.41, 5.74) is 0.165. The molecule has 3 aromatic rings. The molecule has 2 aliphatic heterocycles. The van der Waals surface area contributed by atoms with Crippen LogP contribution in [0.2, 0.25) is 0 Å². The van der Waals surface area contributed by atoms with E-state index in [0.717, 1.165) is 29.7 Å². The molecule has 0 unspecified atom stereocenters. The Hall–Kier alpha value is -4.50. The van der Waals surface area contributed by atoms with Crippen LogP contribution in [0.3, 0.4) is 0 Å². The van der Waals surface area contributed by atoms with Crippen LogP contribution in [-0.2, 0) is 24.4 Å². The van der Waals surface area contributed by atoms with Crippen LogP contribution in [0.25, 0.3) is 10.9 Å². The summed E-state index contributed by atoms with van der Waals surface area (Å²) in [6, 6.07) is 7.07. The van der Waals surface area contributed by atoms with Gasteiger partial charge in [-0.05, 0) is 89.5 Å². The van der Waals surface area contributed by atoms with Crippen LogP contribution in [0.1, 0.15) is 91.2 Å². The maximum Gasteiger partial charge on any atom is 0.262 e. The van der Waals surface area contributed by atoms with Gasteiger partial charge in [0.25, 0.3) is 5.91 Å². The Kier molecular flexibility index (Phi) is 11.5. The van der Waals surface area contributed by atoms with E-state index in [2.05, 4.69) is 10.0 Å². The molecule has 0 spiro atoms. The van der Waals surface area contributed by atoms with Gasteiger partial charge in [0.1, 0.15) is 23.6 Å². The number of ether oxygens (including phenoxy) is 3. The number of thiophene rings is 1. The zero-order valence-electron chi connectivity index (χ0n) is 32.3. The minimum atomic E-state index is -3.86. The summed E-state index contributed by atoms with van der Waals surface area (Å²) in [5, 5.41) is 3.08. The molecule has 5 atom stereocenters. The van der Waals surface area contributed by atoms with Crippen LogP contribution in [-0.4, -0.2) is 85.5 Å². The molecule has 7 rings (SSSR count). The molecule has 300 valence electrons. The van der Waals surface area contributed by atoms with Gasteiger partial charge >= 0.3 is 0 Å². The number of aromatic nitrogens is 1. The Balaban J connectivity index is 1.22. The Bertz CT molecular complexity index is 2160. The number of amides is 3. The van der Waals surface area contributed by atoms with Crippen LogP contribution in [0.4, 0.5) is 0 Å². The largest absolute Gasteiger partial charge is 0.496 e. The number of nitrogens with one attached hydrogen (secondary N) is 2. The van der Waals surface area contributed by atoms with Gasteiger partial charge in [0.15, 0.2) is 5.78 Å². The number of sulfonamides is 1. The van der Waals surface area contributed by atoms with Crippen molar-refractivity contribution in [2.75, 3.05) is 20.3 Å². The van der Waals surface area contributed by atoms with Crippen LogP contribution < -0.4 is 24.2 Å². The molecule has 3 fully saturated rings. The summed E-state index contributed by atoms with van der Waals surface area (Å²) in [5.74, 6) is -0.648. The molecule has 1 aromatic carbocycles. The van der Waals surface area contributed by atoms with Crippen molar-refractivity contribution in [2.45, 2.75) is 108 Å². The van der Waals surface area contributed by atoms with E-state index in [1.54, 1.807) is 19.2 Å². The van der Waals surface area contributed by atoms with Gasteiger partial charge < -0.3 is 24.4 Å². The van der Waals surface area contributed by atoms with E-state index in [1.807, 2.05) is 51.1 Å².